The normalized spacial score (nSPS) is 11.1. The number of imidazole rings is 1. The van der Waals surface area contributed by atoms with Crippen LogP contribution in [-0.2, 0) is 13.5 Å². The predicted octanol–water partition coefficient (Wildman–Crippen LogP) is 3.50. The molecule has 4 nitrogen and oxygen atoms in total. The van der Waals surface area contributed by atoms with Crippen molar-refractivity contribution in [2.24, 2.45) is 7.05 Å². The molecule has 25 heavy (non-hydrogen) atoms. The van der Waals surface area contributed by atoms with Gasteiger partial charge in [0, 0.05) is 19.2 Å². The molecular formula is C21H18N3O. The summed E-state index contributed by atoms with van der Waals surface area (Å²) in [6.07, 6.45) is 3.66. The van der Waals surface area contributed by atoms with E-state index in [0.717, 1.165) is 17.5 Å². The number of rotatable bonds is 4. The molecule has 0 fully saturated rings. The second-order valence-corrected chi connectivity index (χ2v) is 6.12. The second kappa shape index (κ2) is 6.40. The maximum Gasteiger partial charge on any atom is 0.251 e. The van der Waals surface area contributed by atoms with Crippen molar-refractivity contribution in [3.8, 4) is 0 Å². The Morgan fingerprint density at radius 1 is 1.12 bits per heavy atom. The van der Waals surface area contributed by atoms with Crippen molar-refractivity contribution >= 4 is 27.7 Å². The molecule has 4 aromatic rings. The molecule has 4 heteroatoms. The Kier molecular flexibility index (Phi) is 3.94. The van der Waals surface area contributed by atoms with Gasteiger partial charge in [0.1, 0.15) is 0 Å². The van der Waals surface area contributed by atoms with Gasteiger partial charge in [-0.25, -0.2) is 4.98 Å². The summed E-state index contributed by atoms with van der Waals surface area (Å²) < 4.78 is 1.79. The zero-order valence-corrected chi connectivity index (χ0v) is 14.0. The summed E-state index contributed by atoms with van der Waals surface area (Å²) in [5.41, 5.74) is 3.63. The first-order valence-corrected chi connectivity index (χ1v) is 8.31. The Morgan fingerprint density at radius 3 is 2.88 bits per heavy atom. The Morgan fingerprint density at radius 2 is 1.96 bits per heavy atom. The lowest BCUT2D eigenvalue weighted by molar-refractivity contribution is 0.0954. The van der Waals surface area contributed by atoms with Crippen LogP contribution in [0.5, 0.6) is 0 Å². The van der Waals surface area contributed by atoms with Crippen LogP contribution in [-0.4, -0.2) is 22.0 Å². The van der Waals surface area contributed by atoms with Gasteiger partial charge in [-0.05, 0) is 41.0 Å². The molecule has 1 amide bonds. The van der Waals surface area contributed by atoms with Crippen LogP contribution < -0.4 is 5.32 Å². The number of carbonyl (C=O) groups excluding carboxylic acids is 1. The maximum atomic E-state index is 12.4. The summed E-state index contributed by atoms with van der Waals surface area (Å²) in [5, 5.41) is 5.48. The Hall–Kier alpha value is -3.14. The number of fused-ring (bicyclic) bond motifs is 2. The van der Waals surface area contributed by atoms with Crippen molar-refractivity contribution in [1.82, 2.24) is 14.9 Å². The zero-order valence-electron chi connectivity index (χ0n) is 14.0. The first kappa shape index (κ1) is 15.4. The highest BCUT2D eigenvalue weighted by atomic mass is 16.1. The molecule has 0 unspecified atom stereocenters. The minimum atomic E-state index is -0.0664. The van der Waals surface area contributed by atoms with Crippen molar-refractivity contribution < 1.29 is 4.79 Å². The van der Waals surface area contributed by atoms with Crippen molar-refractivity contribution in [2.75, 3.05) is 6.54 Å². The van der Waals surface area contributed by atoms with E-state index in [2.05, 4.69) is 47.0 Å². The summed E-state index contributed by atoms with van der Waals surface area (Å²) in [7, 11) is 1.87. The smallest absolute Gasteiger partial charge is 0.251 e. The number of nitrogens with zero attached hydrogens (tertiary/aromatic N) is 2. The third-order valence-corrected chi connectivity index (χ3v) is 4.48. The van der Waals surface area contributed by atoms with Crippen molar-refractivity contribution in [2.45, 2.75) is 6.42 Å². The fourth-order valence-electron chi connectivity index (χ4n) is 3.13. The van der Waals surface area contributed by atoms with E-state index in [9.17, 15) is 4.79 Å². The number of hydrogen-bond acceptors (Lipinski definition) is 2. The van der Waals surface area contributed by atoms with E-state index in [1.807, 2.05) is 31.3 Å². The molecule has 0 aliphatic rings. The van der Waals surface area contributed by atoms with Crippen LogP contribution in [0, 0.1) is 6.33 Å². The van der Waals surface area contributed by atoms with Gasteiger partial charge in [0.15, 0.2) is 6.33 Å². The van der Waals surface area contributed by atoms with Crippen LogP contribution in [0.2, 0.25) is 0 Å². The van der Waals surface area contributed by atoms with Gasteiger partial charge in [0.2, 0.25) is 0 Å². The predicted molar refractivity (Wildman–Crippen MR) is 99.5 cm³/mol. The highest BCUT2D eigenvalue weighted by molar-refractivity contribution is 5.97. The Balaban J connectivity index is 1.47. The van der Waals surface area contributed by atoms with E-state index >= 15 is 0 Å². The summed E-state index contributed by atoms with van der Waals surface area (Å²) in [6.45, 7) is 0.600. The largest absolute Gasteiger partial charge is 0.352 e. The van der Waals surface area contributed by atoms with Gasteiger partial charge in [-0.1, -0.05) is 42.5 Å². The molecule has 3 aromatic carbocycles. The molecule has 1 aromatic heterocycles. The van der Waals surface area contributed by atoms with Gasteiger partial charge >= 0.3 is 0 Å². The third kappa shape index (κ3) is 2.98. The fraction of sp³-hybridized carbons (Fsp3) is 0.143. The van der Waals surface area contributed by atoms with Gasteiger partial charge in [0.05, 0.1) is 11.0 Å². The lowest BCUT2D eigenvalue weighted by Gasteiger charge is -2.08. The van der Waals surface area contributed by atoms with Gasteiger partial charge in [-0.3, -0.25) is 4.79 Å². The van der Waals surface area contributed by atoms with Crippen LogP contribution in [0.15, 0.2) is 60.7 Å². The van der Waals surface area contributed by atoms with E-state index in [-0.39, 0.29) is 5.91 Å². The Bertz CT molecular complexity index is 1060. The second-order valence-electron chi connectivity index (χ2n) is 6.12. The van der Waals surface area contributed by atoms with E-state index < -0.39 is 0 Å². The molecular weight excluding hydrogens is 310 g/mol. The molecule has 0 aliphatic heterocycles. The SMILES string of the molecule is Cn1[c]nc2ccc(C(=O)NCCc3cccc4ccccc34)cc21. The van der Waals surface area contributed by atoms with Crippen molar-refractivity contribution in [1.29, 1.82) is 0 Å². The number of carbonyl (C=O) groups is 1. The molecule has 0 spiro atoms. The number of nitrogens with one attached hydrogen (secondary N) is 1. The van der Waals surface area contributed by atoms with Gasteiger partial charge < -0.3 is 9.88 Å². The first-order valence-electron chi connectivity index (χ1n) is 8.31. The summed E-state index contributed by atoms with van der Waals surface area (Å²) >= 11 is 0. The number of benzene rings is 3. The molecule has 0 aliphatic carbocycles. The lowest BCUT2D eigenvalue weighted by atomic mass is 10.0. The average molecular weight is 328 g/mol. The summed E-state index contributed by atoms with van der Waals surface area (Å²) in [5.74, 6) is -0.0664. The van der Waals surface area contributed by atoms with Gasteiger partial charge in [0.25, 0.3) is 5.91 Å². The highest BCUT2D eigenvalue weighted by Gasteiger charge is 2.09. The zero-order chi connectivity index (χ0) is 17.2. The van der Waals surface area contributed by atoms with Crippen LogP contribution >= 0.6 is 0 Å². The maximum absolute atomic E-state index is 12.4. The molecule has 1 N–H and O–H groups in total. The minimum absolute atomic E-state index is 0.0664. The van der Waals surface area contributed by atoms with E-state index in [0.29, 0.717) is 12.1 Å². The quantitative estimate of drug-likeness (QED) is 0.623. The van der Waals surface area contributed by atoms with E-state index in [1.54, 1.807) is 10.6 Å². The standard InChI is InChI=1S/C21H18N3O/c1-24-14-23-19-10-9-17(13-20(19)24)21(25)22-12-11-16-7-4-6-15-5-2-3-8-18(15)16/h2-10,13H,11-12H2,1H3,(H,22,25). The molecule has 1 heterocycles. The van der Waals surface area contributed by atoms with Crippen molar-refractivity contribution in [3.63, 3.8) is 0 Å². The highest BCUT2D eigenvalue weighted by Crippen LogP contribution is 2.19. The molecule has 4 rings (SSSR count). The van der Waals surface area contributed by atoms with Gasteiger partial charge in [-0.15, -0.1) is 0 Å². The summed E-state index contributed by atoms with van der Waals surface area (Å²) in [4.78, 5) is 16.6. The van der Waals surface area contributed by atoms with E-state index in [1.165, 1.54) is 16.3 Å². The molecule has 0 saturated carbocycles. The number of amides is 1. The molecule has 0 saturated heterocycles. The number of aromatic nitrogens is 2. The monoisotopic (exact) mass is 328 g/mol. The first-order chi connectivity index (χ1) is 12.2. The molecule has 0 atom stereocenters. The minimum Gasteiger partial charge on any atom is -0.352 e. The van der Waals surface area contributed by atoms with E-state index in [4.69, 9.17) is 0 Å². The third-order valence-electron chi connectivity index (χ3n) is 4.48. The number of aryl methyl sites for hydroxylation is 1. The van der Waals surface area contributed by atoms with Crippen LogP contribution in [0.3, 0.4) is 0 Å². The summed E-state index contributed by atoms with van der Waals surface area (Å²) in [6, 6.07) is 20.1. The Labute approximate surface area is 146 Å². The van der Waals surface area contributed by atoms with Crippen LogP contribution in [0.25, 0.3) is 21.8 Å². The number of hydrogen-bond donors (Lipinski definition) is 1. The van der Waals surface area contributed by atoms with Crippen molar-refractivity contribution in [3.05, 3.63) is 78.1 Å². The van der Waals surface area contributed by atoms with Crippen LogP contribution in [0.1, 0.15) is 15.9 Å². The van der Waals surface area contributed by atoms with Gasteiger partial charge in [-0.2, -0.15) is 0 Å². The van der Waals surface area contributed by atoms with Crippen LogP contribution in [0.4, 0.5) is 0 Å². The lowest BCUT2D eigenvalue weighted by Crippen LogP contribution is -2.25. The average Bonchev–Trinajstić information content (AvgIpc) is 3.02. The molecule has 0 bridgehead atoms. The fourth-order valence-corrected chi connectivity index (χ4v) is 3.13. The molecule has 1 radical (unpaired) electrons. The molecule has 123 valence electrons. The topological polar surface area (TPSA) is 46.9 Å².